The fraction of sp³-hybridized carbons (Fsp3) is 0.857. The molecule has 2 fully saturated rings. The van der Waals surface area contributed by atoms with Crippen LogP contribution in [0.5, 0.6) is 0 Å². The predicted octanol–water partition coefficient (Wildman–Crippen LogP) is 0.929. The molecule has 6 nitrogen and oxygen atoms in total. The standard InChI is InChI=1S/C14H25N3O3/c1-11-9-15(2)6-4-8-17(11)14(20)16-7-3-5-12(10-16)13(18)19/h11-12H,3-10H2,1-2H3,(H,18,19)/t11?,12-/m1/s1. The number of carboxylic acid groups (broad SMARTS) is 1. The Hall–Kier alpha value is -1.30. The highest BCUT2D eigenvalue weighted by molar-refractivity contribution is 5.77. The number of piperidine rings is 1. The van der Waals surface area contributed by atoms with Crippen LogP contribution < -0.4 is 0 Å². The van der Waals surface area contributed by atoms with Crippen LogP contribution in [-0.4, -0.2) is 77.6 Å². The minimum Gasteiger partial charge on any atom is -0.481 e. The summed E-state index contributed by atoms with van der Waals surface area (Å²) in [6.45, 7) is 5.75. The summed E-state index contributed by atoms with van der Waals surface area (Å²) in [7, 11) is 2.08. The number of carbonyl (C=O) groups is 2. The fourth-order valence-corrected chi connectivity index (χ4v) is 3.19. The van der Waals surface area contributed by atoms with Gasteiger partial charge in [-0.3, -0.25) is 4.79 Å². The minimum absolute atomic E-state index is 0.0127. The van der Waals surface area contributed by atoms with Crippen LogP contribution in [0.2, 0.25) is 0 Å². The van der Waals surface area contributed by atoms with Crippen LogP contribution in [0.25, 0.3) is 0 Å². The Kier molecular flexibility index (Phi) is 4.86. The van der Waals surface area contributed by atoms with Crippen molar-refractivity contribution >= 4 is 12.0 Å². The number of likely N-dealkylation sites (N-methyl/N-ethyl adjacent to an activating group) is 1. The summed E-state index contributed by atoms with van der Waals surface area (Å²) in [5.41, 5.74) is 0. The van der Waals surface area contributed by atoms with Gasteiger partial charge in [0.25, 0.3) is 0 Å². The first-order valence-corrected chi connectivity index (χ1v) is 7.46. The van der Waals surface area contributed by atoms with Gasteiger partial charge in [-0.2, -0.15) is 0 Å². The molecule has 0 saturated carbocycles. The molecule has 0 aromatic carbocycles. The lowest BCUT2D eigenvalue weighted by molar-refractivity contribution is -0.143. The van der Waals surface area contributed by atoms with Crippen molar-refractivity contribution in [1.29, 1.82) is 0 Å². The number of carbonyl (C=O) groups excluding carboxylic acids is 1. The Labute approximate surface area is 120 Å². The molecule has 0 radical (unpaired) electrons. The van der Waals surface area contributed by atoms with Gasteiger partial charge in [-0.15, -0.1) is 0 Å². The summed E-state index contributed by atoms with van der Waals surface area (Å²) < 4.78 is 0. The summed E-state index contributed by atoms with van der Waals surface area (Å²) >= 11 is 0. The molecule has 2 atom stereocenters. The second-order valence-electron chi connectivity index (χ2n) is 6.06. The van der Waals surface area contributed by atoms with E-state index in [0.29, 0.717) is 19.5 Å². The van der Waals surface area contributed by atoms with Gasteiger partial charge < -0.3 is 19.8 Å². The number of hydrogen-bond acceptors (Lipinski definition) is 3. The average molecular weight is 283 g/mol. The molecular formula is C14H25N3O3. The summed E-state index contributed by atoms with van der Waals surface area (Å²) in [6.07, 6.45) is 2.44. The van der Waals surface area contributed by atoms with Crippen LogP contribution >= 0.6 is 0 Å². The SMILES string of the molecule is CC1CN(C)CCCN1C(=O)N1CCC[C@@H](C(=O)O)C1. The van der Waals surface area contributed by atoms with E-state index in [2.05, 4.69) is 18.9 Å². The lowest BCUT2D eigenvalue weighted by Gasteiger charge is -2.37. The van der Waals surface area contributed by atoms with Crippen molar-refractivity contribution in [2.75, 3.05) is 39.8 Å². The fourth-order valence-electron chi connectivity index (χ4n) is 3.19. The Morgan fingerprint density at radius 3 is 2.55 bits per heavy atom. The second-order valence-corrected chi connectivity index (χ2v) is 6.06. The normalized spacial score (nSPS) is 29.1. The van der Waals surface area contributed by atoms with Crippen molar-refractivity contribution in [3.8, 4) is 0 Å². The van der Waals surface area contributed by atoms with E-state index in [1.54, 1.807) is 4.90 Å². The molecule has 1 N–H and O–H groups in total. The molecule has 6 heteroatoms. The molecule has 0 aliphatic carbocycles. The number of likely N-dealkylation sites (tertiary alicyclic amines) is 1. The van der Waals surface area contributed by atoms with E-state index in [-0.39, 0.29) is 12.1 Å². The zero-order valence-corrected chi connectivity index (χ0v) is 12.4. The molecule has 2 aliphatic heterocycles. The Morgan fingerprint density at radius 2 is 1.85 bits per heavy atom. The molecule has 2 amide bonds. The summed E-state index contributed by atoms with van der Waals surface area (Å²) in [5.74, 6) is -1.19. The van der Waals surface area contributed by atoms with Gasteiger partial charge in [0, 0.05) is 32.2 Å². The lowest BCUT2D eigenvalue weighted by Crippen LogP contribution is -2.52. The molecular weight excluding hydrogens is 258 g/mol. The molecule has 20 heavy (non-hydrogen) atoms. The smallest absolute Gasteiger partial charge is 0.320 e. The molecule has 1 unspecified atom stereocenters. The van der Waals surface area contributed by atoms with Crippen molar-refractivity contribution < 1.29 is 14.7 Å². The average Bonchev–Trinajstić information content (AvgIpc) is 2.58. The molecule has 0 spiro atoms. The highest BCUT2D eigenvalue weighted by Crippen LogP contribution is 2.20. The van der Waals surface area contributed by atoms with E-state index in [0.717, 1.165) is 32.5 Å². The van der Waals surface area contributed by atoms with Crippen molar-refractivity contribution in [3.63, 3.8) is 0 Å². The van der Waals surface area contributed by atoms with Gasteiger partial charge >= 0.3 is 12.0 Å². The topological polar surface area (TPSA) is 64.1 Å². The number of rotatable bonds is 1. The maximum atomic E-state index is 12.6. The summed E-state index contributed by atoms with van der Waals surface area (Å²) in [5, 5.41) is 9.12. The zero-order chi connectivity index (χ0) is 14.7. The second kappa shape index (κ2) is 6.43. The quantitative estimate of drug-likeness (QED) is 0.777. The Morgan fingerprint density at radius 1 is 1.10 bits per heavy atom. The monoisotopic (exact) mass is 283 g/mol. The first-order chi connectivity index (χ1) is 9.49. The van der Waals surface area contributed by atoms with Crippen molar-refractivity contribution in [2.24, 2.45) is 5.92 Å². The third-order valence-corrected chi connectivity index (χ3v) is 4.33. The van der Waals surface area contributed by atoms with Gasteiger partial charge in [0.1, 0.15) is 0 Å². The number of aliphatic carboxylic acids is 1. The minimum atomic E-state index is -0.786. The first-order valence-electron chi connectivity index (χ1n) is 7.46. The molecule has 114 valence electrons. The summed E-state index contributed by atoms with van der Waals surface area (Å²) in [6, 6.07) is 0.193. The van der Waals surface area contributed by atoms with Gasteiger partial charge in [0.2, 0.25) is 0 Å². The number of urea groups is 1. The predicted molar refractivity (Wildman–Crippen MR) is 75.6 cm³/mol. The molecule has 2 aliphatic rings. The lowest BCUT2D eigenvalue weighted by atomic mass is 9.98. The molecule has 2 heterocycles. The molecule has 0 aromatic heterocycles. The van der Waals surface area contributed by atoms with E-state index in [1.165, 1.54) is 0 Å². The van der Waals surface area contributed by atoms with E-state index in [1.807, 2.05) is 4.90 Å². The van der Waals surface area contributed by atoms with Gasteiger partial charge in [-0.25, -0.2) is 4.79 Å². The molecule has 2 saturated heterocycles. The third kappa shape index (κ3) is 3.42. The first kappa shape index (κ1) is 15.1. The highest BCUT2D eigenvalue weighted by atomic mass is 16.4. The van der Waals surface area contributed by atoms with Gasteiger partial charge in [0.05, 0.1) is 5.92 Å². The van der Waals surface area contributed by atoms with Gasteiger partial charge in [-0.05, 0) is 39.8 Å². The number of amides is 2. The Balaban J connectivity index is 2.00. The van der Waals surface area contributed by atoms with E-state index < -0.39 is 11.9 Å². The van der Waals surface area contributed by atoms with Crippen LogP contribution in [0.1, 0.15) is 26.2 Å². The van der Waals surface area contributed by atoms with Crippen LogP contribution in [0, 0.1) is 5.92 Å². The maximum Gasteiger partial charge on any atom is 0.320 e. The van der Waals surface area contributed by atoms with Crippen molar-refractivity contribution in [1.82, 2.24) is 14.7 Å². The van der Waals surface area contributed by atoms with E-state index in [9.17, 15) is 9.59 Å². The van der Waals surface area contributed by atoms with Crippen molar-refractivity contribution in [2.45, 2.75) is 32.2 Å². The number of hydrogen-bond donors (Lipinski definition) is 1. The Bertz CT molecular complexity index is 375. The van der Waals surface area contributed by atoms with Crippen LogP contribution in [0.4, 0.5) is 4.79 Å². The van der Waals surface area contributed by atoms with Crippen molar-refractivity contribution in [3.05, 3.63) is 0 Å². The van der Waals surface area contributed by atoms with E-state index >= 15 is 0 Å². The largest absolute Gasteiger partial charge is 0.481 e. The van der Waals surface area contributed by atoms with Gasteiger partial charge in [-0.1, -0.05) is 0 Å². The maximum absolute atomic E-state index is 12.6. The number of carboxylic acids is 1. The zero-order valence-electron chi connectivity index (χ0n) is 12.4. The van der Waals surface area contributed by atoms with Crippen LogP contribution in [0.15, 0.2) is 0 Å². The molecule has 2 rings (SSSR count). The van der Waals surface area contributed by atoms with Crippen LogP contribution in [-0.2, 0) is 4.79 Å². The highest BCUT2D eigenvalue weighted by Gasteiger charge is 2.32. The van der Waals surface area contributed by atoms with Crippen LogP contribution in [0.3, 0.4) is 0 Å². The molecule has 0 aromatic rings. The van der Waals surface area contributed by atoms with Gasteiger partial charge in [0.15, 0.2) is 0 Å². The molecule has 0 bridgehead atoms. The summed E-state index contributed by atoms with van der Waals surface area (Å²) in [4.78, 5) is 29.6. The number of nitrogens with zero attached hydrogens (tertiary/aromatic N) is 3. The van der Waals surface area contributed by atoms with E-state index in [4.69, 9.17) is 5.11 Å². The third-order valence-electron chi connectivity index (χ3n) is 4.33.